The minimum Gasteiger partial charge on any atom is -0.478 e. The lowest BCUT2D eigenvalue weighted by molar-refractivity contribution is 0.0279. The number of hydrogen-bond acceptors (Lipinski definition) is 5. The number of aliphatic hydroxyl groups is 1. The van der Waals surface area contributed by atoms with Gasteiger partial charge in [-0.15, -0.1) is 0 Å². The molecule has 0 amide bonds. The topological polar surface area (TPSA) is 53.0 Å². The van der Waals surface area contributed by atoms with E-state index < -0.39 is 6.10 Å². The van der Waals surface area contributed by atoms with Crippen LogP contribution in [0.4, 0.5) is 4.39 Å². The monoisotopic (exact) mass is 424 g/mol. The van der Waals surface area contributed by atoms with Gasteiger partial charge in [-0.05, 0) is 68.0 Å². The Kier molecular flexibility index (Phi) is 6.42. The molecule has 1 N–H and O–H groups in total. The molecule has 1 aliphatic carbocycles. The molecule has 1 unspecified atom stereocenters. The third kappa shape index (κ3) is 4.52. The Balaban J connectivity index is 1.46. The lowest BCUT2D eigenvalue weighted by atomic mass is 9.89. The fourth-order valence-electron chi connectivity index (χ4n) is 4.66. The summed E-state index contributed by atoms with van der Waals surface area (Å²) >= 11 is 0. The summed E-state index contributed by atoms with van der Waals surface area (Å²) in [4.78, 5) is 16.0. The first kappa shape index (κ1) is 21.6. The SMILES string of the molecule is C[C@@H]1CN(COc2cccc3c2CCCC3O)[C@@H](C)C(=C=O)N1Cc1ccc(F)cc1. The van der Waals surface area contributed by atoms with Crippen molar-refractivity contribution in [2.24, 2.45) is 0 Å². The van der Waals surface area contributed by atoms with Crippen LogP contribution in [0.5, 0.6) is 5.75 Å². The summed E-state index contributed by atoms with van der Waals surface area (Å²) in [5.41, 5.74) is 3.58. The van der Waals surface area contributed by atoms with Gasteiger partial charge in [-0.25, -0.2) is 9.18 Å². The average Bonchev–Trinajstić information content (AvgIpc) is 2.77. The second-order valence-corrected chi connectivity index (χ2v) is 8.54. The van der Waals surface area contributed by atoms with E-state index in [4.69, 9.17) is 4.74 Å². The molecule has 3 atom stereocenters. The van der Waals surface area contributed by atoms with E-state index in [0.29, 0.717) is 19.0 Å². The second kappa shape index (κ2) is 9.23. The van der Waals surface area contributed by atoms with E-state index in [-0.39, 0.29) is 17.9 Å². The van der Waals surface area contributed by atoms with Gasteiger partial charge in [-0.3, -0.25) is 4.90 Å². The zero-order valence-corrected chi connectivity index (χ0v) is 18.1. The fourth-order valence-corrected chi connectivity index (χ4v) is 4.66. The van der Waals surface area contributed by atoms with Gasteiger partial charge in [0.2, 0.25) is 0 Å². The third-order valence-electron chi connectivity index (χ3n) is 6.47. The van der Waals surface area contributed by atoms with Crippen molar-refractivity contribution in [3.63, 3.8) is 0 Å². The van der Waals surface area contributed by atoms with E-state index in [1.807, 2.05) is 30.0 Å². The van der Waals surface area contributed by atoms with Crippen LogP contribution in [-0.4, -0.2) is 46.2 Å². The van der Waals surface area contributed by atoms with Gasteiger partial charge in [-0.1, -0.05) is 24.3 Å². The number of nitrogens with zero attached hydrogens (tertiary/aromatic N) is 2. The standard InChI is InChI=1S/C25H29FN2O3/c1-17-13-27(16-31-25-8-4-5-21-22(25)6-3-7-24(21)30)18(2)23(15-29)28(17)14-19-9-11-20(26)12-10-19/h4-5,8-12,17-18,24,30H,3,6-7,13-14,16H2,1-2H3/t17-,18+,24?/m1/s1. The molecule has 2 aromatic rings. The van der Waals surface area contributed by atoms with E-state index >= 15 is 0 Å². The summed E-state index contributed by atoms with van der Waals surface area (Å²) in [7, 11) is 0. The molecule has 0 saturated carbocycles. The highest BCUT2D eigenvalue weighted by molar-refractivity contribution is 5.54. The van der Waals surface area contributed by atoms with Crippen LogP contribution in [0.3, 0.4) is 0 Å². The summed E-state index contributed by atoms with van der Waals surface area (Å²) in [6, 6.07) is 12.1. The van der Waals surface area contributed by atoms with Crippen molar-refractivity contribution in [2.45, 2.75) is 57.8 Å². The average molecular weight is 425 g/mol. The zero-order chi connectivity index (χ0) is 22.0. The first-order valence-corrected chi connectivity index (χ1v) is 10.9. The number of benzene rings is 2. The highest BCUT2D eigenvalue weighted by Crippen LogP contribution is 2.35. The number of fused-ring (bicyclic) bond motifs is 1. The van der Waals surface area contributed by atoms with Gasteiger partial charge in [0.1, 0.15) is 29.9 Å². The second-order valence-electron chi connectivity index (χ2n) is 8.54. The summed E-state index contributed by atoms with van der Waals surface area (Å²) < 4.78 is 19.4. The normalized spacial score (nSPS) is 23.9. The first-order valence-electron chi connectivity index (χ1n) is 10.9. The molecule has 0 aromatic heterocycles. The molecule has 1 heterocycles. The molecular formula is C25H29FN2O3. The van der Waals surface area contributed by atoms with Gasteiger partial charge in [-0.2, -0.15) is 0 Å². The molecule has 1 aliphatic heterocycles. The number of ether oxygens (including phenoxy) is 1. The molecule has 2 aliphatic rings. The maximum atomic E-state index is 13.2. The summed E-state index contributed by atoms with van der Waals surface area (Å²) in [5.74, 6) is 2.68. The number of aliphatic hydroxyl groups excluding tert-OH is 1. The third-order valence-corrected chi connectivity index (χ3v) is 6.47. The maximum absolute atomic E-state index is 13.2. The van der Waals surface area contributed by atoms with Crippen molar-refractivity contribution in [1.82, 2.24) is 9.80 Å². The van der Waals surface area contributed by atoms with Gasteiger partial charge in [0.15, 0.2) is 0 Å². The molecule has 0 spiro atoms. The molecule has 5 nitrogen and oxygen atoms in total. The lowest BCUT2D eigenvalue weighted by Crippen LogP contribution is -2.55. The molecule has 4 rings (SSSR count). The Morgan fingerprint density at radius 3 is 2.71 bits per heavy atom. The van der Waals surface area contributed by atoms with Crippen LogP contribution in [0.1, 0.15) is 49.5 Å². The van der Waals surface area contributed by atoms with Crippen LogP contribution < -0.4 is 4.74 Å². The molecule has 31 heavy (non-hydrogen) atoms. The number of carbonyl (C=O) groups excluding carboxylic acids is 1. The van der Waals surface area contributed by atoms with E-state index in [9.17, 15) is 14.3 Å². The van der Waals surface area contributed by atoms with Gasteiger partial charge >= 0.3 is 0 Å². The molecule has 1 saturated heterocycles. The Hall–Kier alpha value is -2.66. The van der Waals surface area contributed by atoms with Crippen molar-refractivity contribution in [3.8, 4) is 5.75 Å². The number of halogens is 1. The molecule has 2 aromatic carbocycles. The quantitative estimate of drug-likeness (QED) is 0.739. The lowest BCUT2D eigenvalue weighted by Gasteiger charge is -2.45. The highest BCUT2D eigenvalue weighted by atomic mass is 19.1. The Bertz CT molecular complexity index is 971. The van der Waals surface area contributed by atoms with Crippen LogP contribution in [-0.2, 0) is 17.8 Å². The van der Waals surface area contributed by atoms with E-state index in [1.54, 1.807) is 12.1 Å². The number of piperazine rings is 1. The van der Waals surface area contributed by atoms with Gasteiger partial charge in [0, 0.05) is 19.1 Å². The Labute approximate surface area is 182 Å². The summed E-state index contributed by atoms with van der Waals surface area (Å²) in [5, 5.41) is 10.3. The molecule has 164 valence electrons. The maximum Gasteiger partial charge on any atom is 0.147 e. The van der Waals surface area contributed by atoms with Gasteiger partial charge in [0.25, 0.3) is 0 Å². The predicted octanol–water partition coefficient (Wildman–Crippen LogP) is 3.84. The predicted molar refractivity (Wildman–Crippen MR) is 117 cm³/mol. The van der Waals surface area contributed by atoms with E-state index in [1.165, 1.54) is 12.1 Å². The molecule has 0 bridgehead atoms. The van der Waals surface area contributed by atoms with Gasteiger partial charge < -0.3 is 14.7 Å². The summed E-state index contributed by atoms with van der Waals surface area (Å²) in [6.45, 7) is 5.67. The number of hydrogen-bond donors (Lipinski definition) is 1. The van der Waals surface area contributed by atoms with E-state index in [0.717, 1.165) is 48.2 Å². The highest BCUT2D eigenvalue weighted by Gasteiger charge is 2.34. The van der Waals surface area contributed by atoms with Crippen LogP contribution in [0.2, 0.25) is 0 Å². The molecule has 6 heteroatoms. The minimum absolute atomic E-state index is 0.0767. The number of rotatable bonds is 5. The van der Waals surface area contributed by atoms with Crippen molar-refractivity contribution in [1.29, 1.82) is 0 Å². The smallest absolute Gasteiger partial charge is 0.147 e. The van der Waals surface area contributed by atoms with Crippen LogP contribution in [0.15, 0.2) is 48.2 Å². The van der Waals surface area contributed by atoms with Crippen LogP contribution in [0, 0.1) is 5.82 Å². The van der Waals surface area contributed by atoms with Crippen molar-refractivity contribution < 1.29 is 19.0 Å². The zero-order valence-electron chi connectivity index (χ0n) is 18.1. The summed E-state index contributed by atoms with van der Waals surface area (Å²) in [6.07, 6.45) is 2.21. The van der Waals surface area contributed by atoms with Crippen molar-refractivity contribution >= 4 is 5.94 Å². The van der Waals surface area contributed by atoms with Gasteiger partial charge in [0.05, 0.1) is 12.1 Å². The molecule has 1 fully saturated rings. The fraction of sp³-hybridized carbons (Fsp3) is 0.440. The minimum atomic E-state index is -0.425. The van der Waals surface area contributed by atoms with Crippen LogP contribution in [0.25, 0.3) is 0 Å². The first-order chi connectivity index (χ1) is 15.0. The largest absolute Gasteiger partial charge is 0.478 e. The van der Waals surface area contributed by atoms with Crippen molar-refractivity contribution in [2.75, 3.05) is 13.3 Å². The van der Waals surface area contributed by atoms with E-state index in [2.05, 4.69) is 17.8 Å². The van der Waals surface area contributed by atoms with Crippen LogP contribution >= 0.6 is 0 Å². The Morgan fingerprint density at radius 2 is 1.97 bits per heavy atom. The van der Waals surface area contributed by atoms with Crippen molar-refractivity contribution in [3.05, 3.63) is 70.7 Å². The molecular weight excluding hydrogens is 395 g/mol. The Morgan fingerprint density at radius 1 is 1.19 bits per heavy atom. The molecule has 0 radical (unpaired) electrons.